The second-order valence-corrected chi connectivity index (χ2v) is 2.88. The minimum absolute atomic E-state index is 0.149. The van der Waals surface area contributed by atoms with Crippen LogP contribution in [0.5, 0.6) is 0 Å². The summed E-state index contributed by atoms with van der Waals surface area (Å²) < 4.78 is 37.5. The van der Waals surface area contributed by atoms with Crippen molar-refractivity contribution in [3.63, 3.8) is 0 Å². The largest absolute Gasteiger partial charge is 0.417 e. The number of benzene rings is 1. The van der Waals surface area contributed by atoms with Gasteiger partial charge in [0.2, 0.25) is 0 Å². The summed E-state index contributed by atoms with van der Waals surface area (Å²) in [7, 11) is 0. The fourth-order valence-corrected chi connectivity index (χ4v) is 1.07. The molecule has 16 heavy (non-hydrogen) atoms. The van der Waals surface area contributed by atoms with E-state index in [0.717, 1.165) is 12.1 Å². The Morgan fingerprint density at radius 3 is 2.44 bits per heavy atom. The molecule has 3 nitrogen and oxygen atoms in total. The van der Waals surface area contributed by atoms with Crippen molar-refractivity contribution in [2.75, 3.05) is 5.73 Å². The monoisotopic (exact) mass is 228 g/mol. The van der Waals surface area contributed by atoms with E-state index in [9.17, 15) is 18.0 Å². The molecule has 6 heteroatoms. The van der Waals surface area contributed by atoms with E-state index in [1.807, 2.05) is 11.8 Å². The molecule has 0 aliphatic heterocycles. The maximum absolute atomic E-state index is 12.5. The smallest absolute Gasteiger partial charge is 0.398 e. The SMILES string of the molecule is NC(=O)C#Cc1c(N)cccc1C(F)(F)F. The molecule has 0 saturated heterocycles. The van der Waals surface area contributed by atoms with Gasteiger partial charge in [-0.25, -0.2) is 0 Å². The van der Waals surface area contributed by atoms with Gasteiger partial charge in [0.15, 0.2) is 0 Å². The molecule has 1 amide bonds. The number of amides is 1. The van der Waals surface area contributed by atoms with Crippen molar-refractivity contribution >= 4 is 11.6 Å². The number of halogens is 3. The van der Waals surface area contributed by atoms with Gasteiger partial charge in [-0.1, -0.05) is 12.0 Å². The van der Waals surface area contributed by atoms with Crippen LogP contribution < -0.4 is 11.5 Å². The minimum atomic E-state index is -4.57. The van der Waals surface area contributed by atoms with Crippen LogP contribution in [0, 0.1) is 11.8 Å². The topological polar surface area (TPSA) is 69.1 Å². The lowest BCUT2D eigenvalue weighted by Crippen LogP contribution is -2.10. The van der Waals surface area contributed by atoms with Crippen LogP contribution in [0.1, 0.15) is 11.1 Å². The zero-order chi connectivity index (χ0) is 12.3. The first-order chi connectivity index (χ1) is 7.32. The Balaban J connectivity index is 3.38. The molecule has 0 aliphatic carbocycles. The van der Waals surface area contributed by atoms with E-state index in [-0.39, 0.29) is 5.69 Å². The Hall–Kier alpha value is -2.16. The normalized spacial score (nSPS) is 10.4. The first-order valence-electron chi connectivity index (χ1n) is 4.09. The van der Waals surface area contributed by atoms with Crippen molar-refractivity contribution in [1.29, 1.82) is 0 Å². The number of carbonyl (C=O) groups is 1. The summed E-state index contributed by atoms with van der Waals surface area (Å²) >= 11 is 0. The zero-order valence-electron chi connectivity index (χ0n) is 7.93. The summed E-state index contributed by atoms with van der Waals surface area (Å²) in [4.78, 5) is 10.4. The predicted molar refractivity (Wildman–Crippen MR) is 51.9 cm³/mol. The Morgan fingerprint density at radius 1 is 1.31 bits per heavy atom. The number of carbonyl (C=O) groups excluding carboxylic acids is 1. The van der Waals surface area contributed by atoms with Crippen LogP contribution in [-0.4, -0.2) is 5.91 Å². The van der Waals surface area contributed by atoms with Gasteiger partial charge in [-0.15, -0.1) is 0 Å². The Kier molecular flexibility index (Phi) is 3.09. The molecular formula is C10H7F3N2O. The fraction of sp³-hybridized carbons (Fsp3) is 0.100. The highest BCUT2D eigenvalue weighted by atomic mass is 19.4. The van der Waals surface area contributed by atoms with Crippen LogP contribution in [0.15, 0.2) is 18.2 Å². The van der Waals surface area contributed by atoms with Crippen molar-refractivity contribution < 1.29 is 18.0 Å². The van der Waals surface area contributed by atoms with E-state index in [4.69, 9.17) is 11.5 Å². The Morgan fingerprint density at radius 2 is 1.94 bits per heavy atom. The van der Waals surface area contributed by atoms with Gasteiger partial charge in [-0.05, 0) is 12.1 Å². The minimum Gasteiger partial charge on any atom is -0.398 e. The summed E-state index contributed by atoms with van der Waals surface area (Å²) in [6.07, 6.45) is -4.57. The van der Waals surface area contributed by atoms with Crippen molar-refractivity contribution in [2.45, 2.75) is 6.18 Å². The molecule has 0 aliphatic rings. The Labute approximate surface area is 89.2 Å². The number of nitrogens with two attached hydrogens (primary N) is 2. The molecule has 1 rings (SSSR count). The van der Waals surface area contributed by atoms with Gasteiger partial charge in [-0.2, -0.15) is 13.2 Å². The van der Waals surface area contributed by atoms with Crippen LogP contribution in [0.25, 0.3) is 0 Å². The number of primary amides is 1. The van der Waals surface area contributed by atoms with E-state index >= 15 is 0 Å². The number of rotatable bonds is 0. The van der Waals surface area contributed by atoms with Gasteiger partial charge in [-0.3, -0.25) is 4.79 Å². The molecule has 0 unspecified atom stereocenters. The quantitative estimate of drug-likeness (QED) is 0.516. The fourth-order valence-electron chi connectivity index (χ4n) is 1.07. The second-order valence-electron chi connectivity index (χ2n) is 2.88. The molecule has 0 heterocycles. The maximum Gasteiger partial charge on any atom is 0.417 e. The van der Waals surface area contributed by atoms with E-state index in [1.165, 1.54) is 6.07 Å². The summed E-state index contributed by atoms with van der Waals surface area (Å²) in [5.41, 5.74) is 8.49. The lowest BCUT2D eigenvalue weighted by Gasteiger charge is -2.10. The molecule has 1 aromatic rings. The first kappa shape index (κ1) is 11.9. The lowest BCUT2D eigenvalue weighted by molar-refractivity contribution is -0.137. The van der Waals surface area contributed by atoms with E-state index in [0.29, 0.717) is 0 Å². The number of alkyl halides is 3. The molecule has 0 spiro atoms. The van der Waals surface area contributed by atoms with Gasteiger partial charge < -0.3 is 11.5 Å². The predicted octanol–water partition coefficient (Wildman–Crippen LogP) is 1.12. The number of hydrogen-bond donors (Lipinski definition) is 2. The number of hydrogen-bond acceptors (Lipinski definition) is 2. The van der Waals surface area contributed by atoms with Crippen LogP contribution in [0.3, 0.4) is 0 Å². The summed E-state index contributed by atoms with van der Waals surface area (Å²) in [6, 6.07) is 3.26. The van der Waals surface area contributed by atoms with Crippen LogP contribution in [0.2, 0.25) is 0 Å². The number of anilines is 1. The van der Waals surface area contributed by atoms with Crippen molar-refractivity contribution in [3.05, 3.63) is 29.3 Å². The molecular weight excluding hydrogens is 221 g/mol. The first-order valence-corrected chi connectivity index (χ1v) is 4.09. The zero-order valence-corrected chi connectivity index (χ0v) is 7.93. The highest BCUT2D eigenvalue weighted by Gasteiger charge is 2.33. The van der Waals surface area contributed by atoms with Gasteiger partial charge in [0.25, 0.3) is 5.91 Å². The van der Waals surface area contributed by atoms with Crippen LogP contribution >= 0.6 is 0 Å². The standard InChI is InChI=1S/C10H7F3N2O/c11-10(12,13)7-2-1-3-8(14)6(7)4-5-9(15)16/h1-3H,14H2,(H2,15,16). The number of nitrogen functional groups attached to an aromatic ring is 1. The average molecular weight is 228 g/mol. The van der Waals surface area contributed by atoms with Crippen molar-refractivity contribution in [1.82, 2.24) is 0 Å². The molecule has 0 saturated carbocycles. The summed E-state index contributed by atoms with van der Waals surface area (Å²) in [6.45, 7) is 0. The highest BCUT2D eigenvalue weighted by molar-refractivity contribution is 5.93. The van der Waals surface area contributed by atoms with Gasteiger partial charge in [0, 0.05) is 11.6 Å². The Bertz CT molecular complexity index is 483. The molecule has 0 fully saturated rings. The third-order valence-electron chi connectivity index (χ3n) is 1.71. The molecule has 84 valence electrons. The molecule has 0 aromatic heterocycles. The third kappa shape index (κ3) is 2.67. The van der Waals surface area contributed by atoms with Crippen LogP contribution in [0.4, 0.5) is 18.9 Å². The van der Waals surface area contributed by atoms with E-state index < -0.39 is 23.2 Å². The third-order valence-corrected chi connectivity index (χ3v) is 1.71. The van der Waals surface area contributed by atoms with Crippen LogP contribution in [-0.2, 0) is 11.0 Å². The molecule has 1 aromatic carbocycles. The average Bonchev–Trinajstić information content (AvgIpc) is 2.13. The molecule has 4 N–H and O–H groups in total. The molecule has 0 radical (unpaired) electrons. The highest BCUT2D eigenvalue weighted by Crippen LogP contribution is 2.33. The molecule has 0 bridgehead atoms. The summed E-state index contributed by atoms with van der Waals surface area (Å²) in [5.74, 6) is 2.82. The van der Waals surface area contributed by atoms with Crippen molar-refractivity contribution in [3.8, 4) is 11.8 Å². The van der Waals surface area contributed by atoms with E-state index in [1.54, 1.807) is 0 Å². The van der Waals surface area contributed by atoms with Gasteiger partial charge in [0.1, 0.15) is 0 Å². The van der Waals surface area contributed by atoms with Gasteiger partial charge >= 0.3 is 6.18 Å². The summed E-state index contributed by atoms with van der Waals surface area (Å²) in [5, 5.41) is 0. The maximum atomic E-state index is 12.5. The van der Waals surface area contributed by atoms with E-state index in [2.05, 4.69) is 0 Å². The lowest BCUT2D eigenvalue weighted by atomic mass is 10.1. The van der Waals surface area contributed by atoms with Gasteiger partial charge in [0.05, 0.1) is 11.1 Å². The molecule has 0 atom stereocenters. The second kappa shape index (κ2) is 4.14. The van der Waals surface area contributed by atoms with Crippen molar-refractivity contribution in [2.24, 2.45) is 5.73 Å².